The molecule has 0 radical (unpaired) electrons. The lowest BCUT2D eigenvalue weighted by molar-refractivity contribution is -0.122. The summed E-state index contributed by atoms with van der Waals surface area (Å²) in [4.78, 5) is 25.6. The zero-order chi connectivity index (χ0) is 17.3. The monoisotopic (exact) mass is 329 g/mol. The Labute approximate surface area is 138 Å². The first-order chi connectivity index (χ1) is 10.8. The zero-order valence-electron chi connectivity index (χ0n) is 14.6. The molecule has 1 aliphatic rings. The van der Waals surface area contributed by atoms with Crippen LogP contribution in [0, 0.1) is 0 Å². The smallest absolute Gasteiger partial charge is 0.407 e. The van der Waals surface area contributed by atoms with E-state index in [1.807, 2.05) is 0 Å². The van der Waals surface area contributed by atoms with Gasteiger partial charge in [0, 0.05) is 19.5 Å². The van der Waals surface area contributed by atoms with Crippen molar-refractivity contribution in [3.05, 3.63) is 0 Å². The Morgan fingerprint density at radius 2 is 1.87 bits per heavy atom. The number of amides is 2. The predicted molar refractivity (Wildman–Crippen MR) is 88.2 cm³/mol. The van der Waals surface area contributed by atoms with Gasteiger partial charge in [0.2, 0.25) is 5.91 Å². The number of aliphatic hydroxyl groups is 1. The minimum atomic E-state index is -0.553. The molecule has 0 aliphatic carbocycles. The molecule has 0 unspecified atom stereocenters. The van der Waals surface area contributed by atoms with Gasteiger partial charge in [-0.2, -0.15) is 0 Å². The highest BCUT2D eigenvalue weighted by atomic mass is 16.6. The molecule has 0 saturated carbocycles. The molecule has 0 spiro atoms. The summed E-state index contributed by atoms with van der Waals surface area (Å²) in [7, 11) is 0. The maximum absolute atomic E-state index is 11.9. The molecule has 7 nitrogen and oxygen atoms in total. The van der Waals surface area contributed by atoms with Gasteiger partial charge in [0.1, 0.15) is 5.60 Å². The van der Waals surface area contributed by atoms with Crippen molar-refractivity contribution in [2.24, 2.45) is 0 Å². The van der Waals surface area contributed by atoms with Crippen LogP contribution >= 0.6 is 0 Å². The van der Waals surface area contributed by atoms with Gasteiger partial charge in [-0.05, 0) is 46.7 Å². The van der Waals surface area contributed by atoms with Gasteiger partial charge in [-0.3, -0.25) is 4.79 Å². The number of nitrogens with one attached hydrogen (secondary N) is 2. The first kappa shape index (κ1) is 19.7. The molecule has 23 heavy (non-hydrogen) atoms. The molecular formula is C16H31N3O4. The van der Waals surface area contributed by atoms with E-state index in [1.165, 1.54) is 19.3 Å². The van der Waals surface area contributed by atoms with E-state index in [-0.39, 0.29) is 31.5 Å². The molecule has 0 aromatic rings. The SMILES string of the molecule is CC(C)(C)OC(=O)NCCC(=O)N[C@@H](CO)CN1CCCCC1. The zero-order valence-corrected chi connectivity index (χ0v) is 14.6. The number of carbonyl (C=O) groups excluding carboxylic acids is 2. The van der Waals surface area contributed by atoms with Crippen molar-refractivity contribution < 1.29 is 19.4 Å². The average molecular weight is 329 g/mol. The second-order valence-corrected chi connectivity index (χ2v) is 6.99. The van der Waals surface area contributed by atoms with Crippen molar-refractivity contribution >= 4 is 12.0 Å². The van der Waals surface area contributed by atoms with E-state index in [0.717, 1.165) is 13.1 Å². The Morgan fingerprint density at radius 3 is 2.43 bits per heavy atom. The predicted octanol–water partition coefficient (Wildman–Crippen LogP) is 0.864. The molecule has 1 fully saturated rings. The van der Waals surface area contributed by atoms with Gasteiger partial charge in [-0.15, -0.1) is 0 Å². The average Bonchev–Trinajstić information content (AvgIpc) is 2.45. The van der Waals surface area contributed by atoms with E-state index in [4.69, 9.17) is 4.74 Å². The second kappa shape index (κ2) is 9.72. The lowest BCUT2D eigenvalue weighted by Crippen LogP contribution is -2.47. The summed E-state index contributed by atoms with van der Waals surface area (Å²) >= 11 is 0. The summed E-state index contributed by atoms with van der Waals surface area (Å²) in [5.41, 5.74) is -0.553. The topological polar surface area (TPSA) is 90.9 Å². The van der Waals surface area contributed by atoms with E-state index in [2.05, 4.69) is 15.5 Å². The maximum atomic E-state index is 11.9. The lowest BCUT2D eigenvalue weighted by Gasteiger charge is -2.30. The molecule has 1 rings (SSSR count). The summed E-state index contributed by atoms with van der Waals surface area (Å²) in [6, 6.07) is -0.262. The second-order valence-electron chi connectivity index (χ2n) is 6.99. The number of rotatable bonds is 7. The fourth-order valence-corrected chi connectivity index (χ4v) is 2.49. The number of carbonyl (C=O) groups is 2. The molecule has 0 aromatic carbocycles. The number of likely N-dealkylation sites (tertiary alicyclic amines) is 1. The Balaban J connectivity index is 2.21. The summed E-state index contributed by atoms with van der Waals surface area (Å²) in [5.74, 6) is -0.183. The third-order valence-electron chi connectivity index (χ3n) is 3.53. The van der Waals surface area contributed by atoms with E-state index in [0.29, 0.717) is 6.54 Å². The van der Waals surface area contributed by atoms with Gasteiger partial charge >= 0.3 is 6.09 Å². The number of nitrogens with zero attached hydrogens (tertiary/aromatic N) is 1. The molecule has 0 bridgehead atoms. The van der Waals surface area contributed by atoms with Gasteiger partial charge in [0.05, 0.1) is 12.6 Å². The molecule has 0 aromatic heterocycles. The van der Waals surface area contributed by atoms with Gasteiger partial charge in [-0.25, -0.2) is 4.79 Å². The third kappa shape index (κ3) is 9.40. The van der Waals surface area contributed by atoms with Crippen molar-refractivity contribution in [2.45, 2.75) is 58.1 Å². The maximum Gasteiger partial charge on any atom is 0.407 e. The minimum absolute atomic E-state index is 0.0816. The van der Waals surface area contributed by atoms with Crippen LogP contribution in [0.3, 0.4) is 0 Å². The summed E-state index contributed by atoms with van der Waals surface area (Å²) in [6.07, 6.45) is 3.23. The van der Waals surface area contributed by atoms with Gasteiger partial charge in [0.25, 0.3) is 0 Å². The Morgan fingerprint density at radius 1 is 1.22 bits per heavy atom. The standard InChI is InChI=1S/C16H31N3O4/c1-16(2,3)23-15(22)17-8-7-14(21)18-13(12-20)11-19-9-5-4-6-10-19/h13,20H,4-12H2,1-3H3,(H,17,22)(H,18,21)/t13-/m1/s1. The van der Waals surface area contributed by atoms with Crippen molar-refractivity contribution in [3.63, 3.8) is 0 Å². The van der Waals surface area contributed by atoms with E-state index >= 15 is 0 Å². The number of ether oxygens (including phenoxy) is 1. The fraction of sp³-hybridized carbons (Fsp3) is 0.875. The Kier molecular flexibility index (Phi) is 8.33. The molecule has 1 atom stereocenters. The number of alkyl carbamates (subject to hydrolysis) is 1. The van der Waals surface area contributed by atoms with Crippen molar-refractivity contribution in [1.82, 2.24) is 15.5 Å². The molecule has 3 N–H and O–H groups in total. The minimum Gasteiger partial charge on any atom is -0.444 e. The van der Waals surface area contributed by atoms with Crippen LogP contribution in [0.1, 0.15) is 46.5 Å². The van der Waals surface area contributed by atoms with Crippen LogP contribution in [-0.4, -0.2) is 66.4 Å². The van der Waals surface area contributed by atoms with Crippen LogP contribution < -0.4 is 10.6 Å². The summed E-state index contributed by atoms with van der Waals surface area (Å²) in [5, 5.41) is 14.8. The van der Waals surface area contributed by atoms with Crippen LogP contribution in [0.15, 0.2) is 0 Å². The Bertz CT molecular complexity index is 376. The van der Waals surface area contributed by atoms with Gasteiger partial charge in [-0.1, -0.05) is 6.42 Å². The van der Waals surface area contributed by atoms with Crippen molar-refractivity contribution in [2.75, 3.05) is 32.8 Å². The molecule has 1 heterocycles. The van der Waals surface area contributed by atoms with Crippen LogP contribution in [0.4, 0.5) is 4.79 Å². The van der Waals surface area contributed by atoms with E-state index in [9.17, 15) is 14.7 Å². The third-order valence-corrected chi connectivity index (χ3v) is 3.53. The van der Waals surface area contributed by atoms with Crippen LogP contribution in [0.25, 0.3) is 0 Å². The number of piperidine rings is 1. The first-order valence-corrected chi connectivity index (χ1v) is 8.39. The normalized spacial score (nSPS) is 17.4. The lowest BCUT2D eigenvalue weighted by atomic mass is 10.1. The van der Waals surface area contributed by atoms with Crippen LogP contribution in [0.2, 0.25) is 0 Å². The van der Waals surface area contributed by atoms with Crippen molar-refractivity contribution in [3.8, 4) is 0 Å². The highest BCUT2D eigenvalue weighted by molar-refractivity contribution is 5.77. The highest BCUT2D eigenvalue weighted by Gasteiger charge is 2.18. The van der Waals surface area contributed by atoms with Crippen LogP contribution in [-0.2, 0) is 9.53 Å². The first-order valence-electron chi connectivity index (χ1n) is 8.39. The highest BCUT2D eigenvalue weighted by Crippen LogP contribution is 2.09. The number of hydrogen-bond donors (Lipinski definition) is 3. The molecule has 1 saturated heterocycles. The summed E-state index contributed by atoms with van der Waals surface area (Å²) in [6.45, 7) is 8.19. The van der Waals surface area contributed by atoms with E-state index in [1.54, 1.807) is 20.8 Å². The van der Waals surface area contributed by atoms with Crippen molar-refractivity contribution in [1.29, 1.82) is 0 Å². The molecule has 7 heteroatoms. The van der Waals surface area contributed by atoms with E-state index < -0.39 is 11.7 Å². The molecule has 134 valence electrons. The number of aliphatic hydroxyl groups excluding tert-OH is 1. The fourth-order valence-electron chi connectivity index (χ4n) is 2.49. The Hall–Kier alpha value is -1.34. The molecular weight excluding hydrogens is 298 g/mol. The van der Waals surface area contributed by atoms with Gasteiger partial charge < -0.3 is 25.4 Å². The quantitative estimate of drug-likeness (QED) is 0.644. The molecule has 2 amide bonds. The van der Waals surface area contributed by atoms with Gasteiger partial charge in [0.15, 0.2) is 0 Å². The number of hydrogen-bond acceptors (Lipinski definition) is 5. The molecule has 1 aliphatic heterocycles. The van der Waals surface area contributed by atoms with Crippen LogP contribution in [0.5, 0.6) is 0 Å². The summed E-state index contributed by atoms with van der Waals surface area (Å²) < 4.78 is 5.09. The largest absolute Gasteiger partial charge is 0.444 e.